The first-order chi connectivity index (χ1) is 14.3. The van der Waals surface area contributed by atoms with Crippen molar-refractivity contribution in [2.24, 2.45) is 5.41 Å². The average Bonchev–Trinajstić information content (AvgIpc) is 3.17. The van der Waals surface area contributed by atoms with Crippen molar-refractivity contribution >= 4 is 5.78 Å². The van der Waals surface area contributed by atoms with Gasteiger partial charge in [0.1, 0.15) is 5.82 Å². The van der Waals surface area contributed by atoms with E-state index in [-0.39, 0.29) is 17.0 Å². The van der Waals surface area contributed by atoms with Gasteiger partial charge in [-0.15, -0.1) is 0 Å². The van der Waals surface area contributed by atoms with Crippen molar-refractivity contribution in [3.63, 3.8) is 0 Å². The summed E-state index contributed by atoms with van der Waals surface area (Å²) in [4.78, 5) is 19.8. The molecular weight excluding hydrogens is 379 g/mol. The maximum atomic E-state index is 13.3. The fourth-order valence-corrected chi connectivity index (χ4v) is 4.28. The zero-order valence-electron chi connectivity index (χ0n) is 18.6. The van der Waals surface area contributed by atoms with Crippen LogP contribution in [0, 0.1) is 18.2 Å². The smallest absolute Gasteiger partial charge is 0.184 e. The summed E-state index contributed by atoms with van der Waals surface area (Å²) < 4.78 is 19.1. The summed E-state index contributed by atoms with van der Waals surface area (Å²) >= 11 is 0. The SMILES string of the molecule is CCOCC1(CCc2ccc(F)cc2)CCN(C(C)(C)C(=O)c2ccc(C)nc2)C1. The number of halogens is 1. The lowest BCUT2D eigenvalue weighted by Gasteiger charge is -2.36. The monoisotopic (exact) mass is 412 g/mol. The lowest BCUT2D eigenvalue weighted by Crippen LogP contribution is -2.50. The van der Waals surface area contributed by atoms with Crippen LogP contribution in [0.1, 0.15) is 55.2 Å². The van der Waals surface area contributed by atoms with Gasteiger partial charge in [-0.3, -0.25) is 14.7 Å². The molecule has 1 fully saturated rings. The Bertz CT molecular complexity index is 848. The van der Waals surface area contributed by atoms with Gasteiger partial charge in [-0.1, -0.05) is 12.1 Å². The minimum absolute atomic E-state index is 0.00648. The van der Waals surface area contributed by atoms with Gasteiger partial charge in [0.05, 0.1) is 12.1 Å². The predicted octanol–water partition coefficient (Wildman–Crippen LogP) is 4.85. The maximum Gasteiger partial charge on any atom is 0.184 e. The number of benzene rings is 1. The van der Waals surface area contributed by atoms with Gasteiger partial charge in [-0.25, -0.2) is 4.39 Å². The Kier molecular flexibility index (Phi) is 7.04. The van der Waals surface area contributed by atoms with E-state index in [4.69, 9.17) is 4.74 Å². The third-order valence-electron chi connectivity index (χ3n) is 6.43. The first kappa shape index (κ1) is 22.6. The van der Waals surface area contributed by atoms with E-state index in [1.807, 2.05) is 52.0 Å². The van der Waals surface area contributed by atoms with Crippen molar-refractivity contribution in [3.05, 3.63) is 65.2 Å². The number of ketones is 1. The van der Waals surface area contributed by atoms with E-state index in [1.165, 1.54) is 12.1 Å². The van der Waals surface area contributed by atoms with E-state index in [9.17, 15) is 9.18 Å². The number of carbonyl (C=O) groups is 1. The molecule has 1 aromatic carbocycles. The maximum absolute atomic E-state index is 13.3. The zero-order chi connectivity index (χ0) is 21.8. The number of likely N-dealkylation sites (tertiary alicyclic amines) is 1. The van der Waals surface area contributed by atoms with E-state index >= 15 is 0 Å². The first-order valence-electron chi connectivity index (χ1n) is 10.8. The molecule has 0 N–H and O–H groups in total. The summed E-state index contributed by atoms with van der Waals surface area (Å²) in [5.74, 6) is -0.110. The number of hydrogen-bond donors (Lipinski definition) is 0. The van der Waals surface area contributed by atoms with Crippen LogP contribution in [0.2, 0.25) is 0 Å². The van der Waals surface area contributed by atoms with Gasteiger partial charge in [0.2, 0.25) is 0 Å². The standard InChI is InChI=1S/C25H33FN2O2/c1-5-30-18-25(13-12-20-7-10-22(26)11-8-20)14-15-28(17-25)24(3,4)23(29)21-9-6-19(2)27-16-21/h6-11,16H,5,12-15,17-18H2,1-4H3. The van der Waals surface area contributed by atoms with E-state index in [2.05, 4.69) is 9.88 Å². The van der Waals surface area contributed by atoms with Crippen molar-refractivity contribution < 1.29 is 13.9 Å². The first-order valence-corrected chi connectivity index (χ1v) is 10.8. The minimum Gasteiger partial charge on any atom is -0.381 e. The summed E-state index contributed by atoms with van der Waals surface area (Å²) in [6.45, 7) is 11.0. The minimum atomic E-state index is -0.610. The molecule has 1 aliphatic heterocycles. The Hall–Kier alpha value is -2.11. The fourth-order valence-electron chi connectivity index (χ4n) is 4.28. The summed E-state index contributed by atoms with van der Waals surface area (Å²) in [5.41, 5.74) is 2.07. The third kappa shape index (κ3) is 5.13. The van der Waals surface area contributed by atoms with Gasteiger partial charge >= 0.3 is 0 Å². The molecule has 0 spiro atoms. The Morgan fingerprint density at radius 3 is 2.60 bits per heavy atom. The van der Waals surface area contributed by atoms with Gasteiger partial charge in [0, 0.05) is 36.0 Å². The number of carbonyl (C=O) groups excluding carboxylic acids is 1. The highest BCUT2D eigenvalue weighted by molar-refractivity contribution is 6.02. The van der Waals surface area contributed by atoms with Crippen LogP contribution in [0.25, 0.3) is 0 Å². The second kappa shape index (κ2) is 9.36. The topological polar surface area (TPSA) is 42.4 Å². The van der Waals surface area contributed by atoms with Crippen LogP contribution in [0.3, 0.4) is 0 Å². The highest BCUT2D eigenvalue weighted by Gasteiger charge is 2.45. The number of aryl methyl sites for hydroxylation is 2. The Morgan fingerprint density at radius 2 is 1.97 bits per heavy atom. The fraction of sp³-hybridized carbons (Fsp3) is 0.520. The van der Waals surface area contributed by atoms with Crippen LogP contribution < -0.4 is 0 Å². The van der Waals surface area contributed by atoms with Gasteiger partial charge in [0.25, 0.3) is 0 Å². The molecule has 0 aliphatic carbocycles. The molecule has 30 heavy (non-hydrogen) atoms. The summed E-state index contributed by atoms with van der Waals surface area (Å²) in [7, 11) is 0. The van der Waals surface area contributed by atoms with Crippen LogP contribution in [0.4, 0.5) is 4.39 Å². The number of hydrogen-bond acceptors (Lipinski definition) is 4. The Balaban J connectivity index is 1.73. The van der Waals surface area contributed by atoms with Gasteiger partial charge in [-0.05, 0) is 83.3 Å². The Labute approximate surface area is 179 Å². The molecule has 5 heteroatoms. The van der Waals surface area contributed by atoms with Gasteiger partial charge in [-0.2, -0.15) is 0 Å². The second-order valence-electron chi connectivity index (χ2n) is 9.01. The molecule has 1 aliphatic rings. The molecule has 1 saturated heterocycles. The molecule has 3 rings (SSSR count). The van der Waals surface area contributed by atoms with Crippen molar-refractivity contribution in [2.75, 3.05) is 26.3 Å². The predicted molar refractivity (Wildman–Crippen MR) is 117 cm³/mol. The quantitative estimate of drug-likeness (QED) is 0.552. The summed E-state index contributed by atoms with van der Waals surface area (Å²) in [5, 5.41) is 0. The molecular formula is C25H33FN2O2. The summed E-state index contributed by atoms with van der Waals surface area (Å²) in [6, 6.07) is 10.5. The van der Waals surface area contributed by atoms with E-state index in [0.29, 0.717) is 18.8 Å². The normalized spacial score (nSPS) is 19.9. The van der Waals surface area contributed by atoms with Crippen molar-refractivity contribution in [3.8, 4) is 0 Å². The molecule has 4 nitrogen and oxygen atoms in total. The summed E-state index contributed by atoms with van der Waals surface area (Å²) in [6.07, 6.45) is 4.48. The molecule has 0 bridgehead atoms. The lowest BCUT2D eigenvalue weighted by molar-refractivity contribution is 0.0370. The zero-order valence-corrected chi connectivity index (χ0v) is 18.6. The van der Waals surface area contributed by atoms with E-state index in [1.54, 1.807) is 6.20 Å². The van der Waals surface area contributed by atoms with Crippen molar-refractivity contribution in [1.29, 1.82) is 0 Å². The Morgan fingerprint density at radius 1 is 1.23 bits per heavy atom. The van der Waals surface area contributed by atoms with Crippen LogP contribution in [0.5, 0.6) is 0 Å². The molecule has 0 amide bonds. The molecule has 1 atom stereocenters. The van der Waals surface area contributed by atoms with Gasteiger partial charge < -0.3 is 4.74 Å². The molecule has 2 aromatic rings. The third-order valence-corrected chi connectivity index (χ3v) is 6.43. The van der Waals surface area contributed by atoms with Crippen molar-refractivity contribution in [1.82, 2.24) is 9.88 Å². The number of aromatic nitrogens is 1. The number of nitrogens with zero attached hydrogens (tertiary/aromatic N) is 2. The highest BCUT2D eigenvalue weighted by Crippen LogP contribution is 2.39. The second-order valence-corrected chi connectivity index (χ2v) is 9.01. The molecule has 1 aromatic heterocycles. The number of rotatable bonds is 9. The molecule has 1 unspecified atom stereocenters. The molecule has 0 saturated carbocycles. The van der Waals surface area contributed by atoms with Gasteiger partial charge in [0.15, 0.2) is 5.78 Å². The van der Waals surface area contributed by atoms with Crippen LogP contribution >= 0.6 is 0 Å². The number of ether oxygens (including phenoxy) is 1. The lowest BCUT2D eigenvalue weighted by atomic mass is 9.81. The van der Waals surface area contributed by atoms with Crippen LogP contribution in [-0.2, 0) is 11.2 Å². The molecule has 2 heterocycles. The molecule has 0 radical (unpaired) electrons. The number of pyridine rings is 1. The van der Waals surface area contributed by atoms with E-state index in [0.717, 1.165) is 43.6 Å². The van der Waals surface area contributed by atoms with Crippen LogP contribution in [0.15, 0.2) is 42.6 Å². The molecule has 162 valence electrons. The largest absolute Gasteiger partial charge is 0.381 e. The number of Topliss-reactive ketones (excluding diaryl/α,β-unsaturated/α-hetero) is 1. The van der Waals surface area contributed by atoms with E-state index < -0.39 is 5.54 Å². The highest BCUT2D eigenvalue weighted by atomic mass is 19.1. The average molecular weight is 413 g/mol. The van der Waals surface area contributed by atoms with Crippen LogP contribution in [-0.4, -0.2) is 47.5 Å². The van der Waals surface area contributed by atoms with Crippen molar-refractivity contribution in [2.45, 2.75) is 52.5 Å².